The molecule has 2 aromatic carbocycles. The minimum atomic E-state index is -0.190. The van der Waals surface area contributed by atoms with Gasteiger partial charge in [0.1, 0.15) is 10.9 Å². The fraction of sp³-hybridized carbons (Fsp3) is 0.200. The predicted octanol–water partition coefficient (Wildman–Crippen LogP) is 8.61. The molecule has 8 heteroatoms. The monoisotopic (exact) mass is 514 g/mol. The Labute approximate surface area is 210 Å². The van der Waals surface area contributed by atoms with Crippen molar-refractivity contribution in [2.45, 2.75) is 24.5 Å². The van der Waals surface area contributed by atoms with Crippen molar-refractivity contribution in [3.8, 4) is 11.6 Å². The molecule has 0 bridgehead atoms. The van der Waals surface area contributed by atoms with Crippen LogP contribution in [0.2, 0.25) is 10.2 Å². The SMILES string of the molecule is O=C(Nc1cc(Cl)nc(Oc2ccc(Cl)cc2)c1)c1cc2cc(C3CCCCS3)ccc2s1. The summed E-state index contributed by atoms with van der Waals surface area (Å²) < 4.78 is 6.86. The highest BCUT2D eigenvalue weighted by molar-refractivity contribution is 7.99. The average molecular weight is 515 g/mol. The van der Waals surface area contributed by atoms with Gasteiger partial charge in [0, 0.05) is 26.7 Å². The van der Waals surface area contributed by atoms with Crippen LogP contribution in [0.5, 0.6) is 11.6 Å². The first kappa shape index (κ1) is 22.5. The van der Waals surface area contributed by atoms with Gasteiger partial charge in [-0.15, -0.1) is 11.3 Å². The number of thiophene rings is 1. The highest BCUT2D eigenvalue weighted by Gasteiger charge is 2.18. The molecule has 1 amide bonds. The van der Waals surface area contributed by atoms with Gasteiger partial charge in [-0.05, 0) is 78.1 Å². The number of hydrogen-bond acceptors (Lipinski definition) is 5. The van der Waals surface area contributed by atoms with Crippen LogP contribution in [0, 0.1) is 0 Å². The van der Waals surface area contributed by atoms with E-state index in [-0.39, 0.29) is 16.9 Å². The highest BCUT2D eigenvalue weighted by atomic mass is 35.5. The van der Waals surface area contributed by atoms with E-state index in [1.807, 2.05) is 17.8 Å². The summed E-state index contributed by atoms with van der Waals surface area (Å²) >= 11 is 15.6. The molecule has 0 radical (unpaired) electrons. The molecule has 0 saturated carbocycles. The van der Waals surface area contributed by atoms with Crippen molar-refractivity contribution < 1.29 is 9.53 Å². The van der Waals surface area contributed by atoms with Gasteiger partial charge in [0.15, 0.2) is 0 Å². The summed E-state index contributed by atoms with van der Waals surface area (Å²) in [6.07, 6.45) is 3.81. The van der Waals surface area contributed by atoms with Crippen molar-refractivity contribution in [2.24, 2.45) is 0 Å². The van der Waals surface area contributed by atoms with Crippen LogP contribution in [0.3, 0.4) is 0 Å². The molecule has 0 spiro atoms. The second-order valence-electron chi connectivity index (χ2n) is 7.79. The maximum absolute atomic E-state index is 13.0. The molecule has 1 unspecified atom stereocenters. The van der Waals surface area contributed by atoms with Crippen molar-refractivity contribution in [3.63, 3.8) is 0 Å². The van der Waals surface area contributed by atoms with E-state index in [1.165, 1.54) is 41.9 Å². The minimum absolute atomic E-state index is 0.190. The Morgan fingerprint density at radius 1 is 1.03 bits per heavy atom. The molecule has 3 heterocycles. The summed E-state index contributed by atoms with van der Waals surface area (Å²) in [7, 11) is 0. The number of pyridine rings is 1. The Kier molecular flexibility index (Phi) is 6.79. The number of ether oxygens (including phenoxy) is 1. The van der Waals surface area contributed by atoms with Crippen molar-refractivity contribution in [3.05, 3.63) is 81.3 Å². The summed E-state index contributed by atoms with van der Waals surface area (Å²) in [5, 5.41) is 5.41. The van der Waals surface area contributed by atoms with E-state index in [2.05, 4.69) is 28.5 Å². The van der Waals surface area contributed by atoms with Gasteiger partial charge >= 0.3 is 0 Å². The fourth-order valence-corrected chi connectivity index (χ4v) is 6.38. The van der Waals surface area contributed by atoms with Crippen molar-refractivity contribution >= 4 is 68.0 Å². The van der Waals surface area contributed by atoms with Crippen LogP contribution in [0.15, 0.2) is 60.7 Å². The number of amides is 1. The standard InChI is InChI=1S/C25H20Cl2N2O2S2/c26-17-5-7-19(8-6-17)31-24-14-18(13-23(27)29-24)28-25(30)22-12-16-11-15(4-9-21(16)33-22)20-3-1-2-10-32-20/h4-9,11-14,20H,1-3,10H2,(H,28,29,30). The molecule has 33 heavy (non-hydrogen) atoms. The quantitative estimate of drug-likeness (QED) is 0.271. The number of fused-ring (bicyclic) bond motifs is 1. The van der Waals surface area contributed by atoms with Crippen molar-refractivity contribution in [1.82, 2.24) is 4.98 Å². The average Bonchev–Trinajstić information content (AvgIpc) is 3.24. The number of thioether (sulfide) groups is 1. The number of aromatic nitrogens is 1. The van der Waals surface area contributed by atoms with E-state index < -0.39 is 0 Å². The Hall–Kier alpha value is -2.25. The number of nitrogens with one attached hydrogen (secondary N) is 1. The molecular formula is C25H20Cl2N2O2S2. The molecule has 1 aliphatic heterocycles. The van der Waals surface area contributed by atoms with Crippen molar-refractivity contribution in [2.75, 3.05) is 11.1 Å². The molecule has 1 N–H and O–H groups in total. The first-order chi connectivity index (χ1) is 16.0. The van der Waals surface area contributed by atoms with Gasteiger partial charge in [0.2, 0.25) is 5.88 Å². The molecule has 5 rings (SSSR count). The molecular weight excluding hydrogens is 495 g/mol. The molecule has 4 aromatic rings. The van der Waals surface area contributed by atoms with E-state index in [0.29, 0.717) is 26.6 Å². The van der Waals surface area contributed by atoms with Gasteiger partial charge in [-0.3, -0.25) is 4.79 Å². The topological polar surface area (TPSA) is 51.2 Å². The zero-order chi connectivity index (χ0) is 22.8. The number of nitrogens with zero attached hydrogens (tertiary/aromatic N) is 1. The predicted molar refractivity (Wildman–Crippen MR) is 140 cm³/mol. The van der Waals surface area contributed by atoms with Gasteiger partial charge < -0.3 is 10.1 Å². The summed E-state index contributed by atoms with van der Waals surface area (Å²) in [5.74, 6) is 1.89. The van der Waals surface area contributed by atoms with Crippen LogP contribution in [0.4, 0.5) is 5.69 Å². The maximum Gasteiger partial charge on any atom is 0.265 e. The zero-order valence-electron chi connectivity index (χ0n) is 17.5. The number of hydrogen-bond donors (Lipinski definition) is 1. The number of anilines is 1. The third-order valence-corrected chi connectivity index (χ3v) is 8.38. The Morgan fingerprint density at radius 2 is 1.88 bits per heavy atom. The summed E-state index contributed by atoms with van der Waals surface area (Å²) in [6.45, 7) is 0. The largest absolute Gasteiger partial charge is 0.439 e. The molecule has 2 aromatic heterocycles. The van der Waals surface area contributed by atoms with E-state index in [9.17, 15) is 4.79 Å². The Morgan fingerprint density at radius 3 is 2.67 bits per heavy atom. The molecule has 1 saturated heterocycles. The number of carbonyl (C=O) groups is 1. The Bertz CT molecular complexity index is 1300. The Balaban J connectivity index is 1.33. The number of rotatable bonds is 5. The van der Waals surface area contributed by atoms with Crippen LogP contribution in [0.1, 0.15) is 39.7 Å². The van der Waals surface area contributed by atoms with Gasteiger partial charge in [-0.1, -0.05) is 35.7 Å². The van der Waals surface area contributed by atoms with E-state index in [1.54, 1.807) is 36.4 Å². The van der Waals surface area contributed by atoms with Gasteiger partial charge in [0.25, 0.3) is 5.91 Å². The van der Waals surface area contributed by atoms with E-state index in [4.69, 9.17) is 27.9 Å². The van der Waals surface area contributed by atoms with Gasteiger partial charge in [-0.2, -0.15) is 11.8 Å². The third-order valence-electron chi connectivity index (χ3n) is 5.38. The number of carbonyl (C=O) groups excluding carboxylic acids is 1. The van der Waals surface area contributed by atoms with E-state index in [0.717, 1.165) is 10.1 Å². The van der Waals surface area contributed by atoms with Crippen molar-refractivity contribution in [1.29, 1.82) is 0 Å². The van der Waals surface area contributed by atoms with Crippen LogP contribution in [-0.4, -0.2) is 16.6 Å². The van der Waals surface area contributed by atoms with Gasteiger partial charge in [-0.25, -0.2) is 4.98 Å². The highest BCUT2D eigenvalue weighted by Crippen LogP contribution is 2.40. The first-order valence-corrected chi connectivity index (χ1v) is 13.2. The van der Waals surface area contributed by atoms with E-state index >= 15 is 0 Å². The summed E-state index contributed by atoms with van der Waals surface area (Å²) in [6, 6.07) is 18.7. The number of halogens is 2. The third kappa shape index (κ3) is 5.46. The van der Waals surface area contributed by atoms with Crippen LogP contribution < -0.4 is 10.1 Å². The molecule has 1 aliphatic rings. The lowest BCUT2D eigenvalue weighted by atomic mass is 10.0. The minimum Gasteiger partial charge on any atom is -0.439 e. The first-order valence-electron chi connectivity index (χ1n) is 10.6. The van der Waals surface area contributed by atoms with Crippen LogP contribution in [0.25, 0.3) is 10.1 Å². The number of benzene rings is 2. The lowest BCUT2D eigenvalue weighted by molar-refractivity contribution is 0.103. The molecule has 1 fully saturated rings. The molecule has 4 nitrogen and oxygen atoms in total. The molecule has 0 aliphatic carbocycles. The van der Waals surface area contributed by atoms with Crippen LogP contribution >= 0.6 is 46.3 Å². The fourth-order valence-electron chi connectivity index (χ4n) is 3.79. The summed E-state index contributed by atoms with van der Waals surface area (Å²) in [5.41, 5.74) is 1.86. The van der Waals surface area contributed by atoms with Crippen LogP contribution in [-0.2, 0) is 0 Å². The second kappa shape index (κ2) is 9.94. The lowest BCUT2D eigenvalue weighted by Gasteiger charge is -2.21. The molecule has 1 atom stereocenters. The second-order valence-corrected chi connectivity index (χ2v) is 11.0. The molecule has 168 valence electrons. The normalized spacial score (nSPS) is 16.0. The lowest BCUT2D eigenvalue weighted by Crippen LogP contribution is -2.10. The summed E-state index contributed by atoms with van der Waals surface area (Å²) in [4.78, 5) is 17.8. The maximum atomic E-state index is 13.0. The van der Waals surface area contributed by atoms with Gasteiger partial charge in [0.05, 0.1) is 4.88 Å². The smallest absolute Gasteiger partial charge is 0.265 e. The zero-order valence-corrected chi connectivity index (χ0v) is 20.7.